The predicted octanol–water partition coefficient (Wildman–Crippen LogP) is 4.38. The molecule has 5 nitrogen and oxygen atoms in total. The fourth-order valence-corrected chi connectivity index (χ4v) is 6.95. The topological polar surface area (TPSA) is 57.7 Å². The van der Waals surface area contributed by atoms with Gasteiger partial charge in [0.05, 0.1) is 10.9 Å². The van der Waals surface area contributed by atoms with E-state index in [0.717, 1.165) is 37.7 Å². The van der Waals surface area contributed by atoms with Crippen molar-refractivity contribution in [3.8, 4) is 0 Å². The van der Waals surface area contributed by atoms with Crippen molar-refractivity contribution in [1.29, 1.82) is 0 Å². The zero-order valence-corrected chi connectivity index (χ0v) is 18.7. The first-order valence-corrected chi connectivity index (χ1v) is 12.7. The Labute approximate surface area is 177 Å². The summed E-state index contributed by atoms with van der Waals surface area (Å²) < 4.78 is 27.8. The van der Waals surface area contributed by atoms with Gasteiger partial charge in [-0.2, -0.15) is 4.31 Å². The van der Waals surface area contributed by atoms with Crippen molar-refractivity contribution in [1.82, 2.24) is 9.21 Å². The van der Waals surface area contributed by atoms with Gasteiger partial charge in [0, 0.05) is 30.1 Å². The van der Waals surface area contributed by atoms with E-state index in [4.69, 9.17) is 0 Å². The molecule has 0 bridgehead atoms. The number of amides is 1. The quantitative estimate of drug-likeness (QED) is 0.720. The van der Waals surface area contributed by atoms with Gasteiger partial charge in [0.15, 0.2) is 0 Å². The Balaban J connectivity index is 1.66. The second kappa shape index (κ2) is 8.20. The fraction of sp³-hybridized carbons (Fsp3) is 0.500. The predicted molar refractivity (Wildman–Crippen MR) is 116 cm³/mol. The Morgan fingerprint density at radius 1 is 1.14 bits per heavy atom. The highest BCUT2D eigenvalue weighted by Gasteiger charge is 2.33. The van der Waals surface area contributed by atoms with Gasteiger partial charge in [-0.3, -0.25) is 4.79 Å². The number of thiophene rings is 1. The third kappa shape index (κ3) is 3.76. The van der Waals surface area contributed by atoms with Crippen molar-refractivity contribution in [2.45, 2.75) is 56.9 Å². The maximum atomic E-state index is 13.5. The fourth-order valence-electron chi connectivity index (χ4n) is 4.48. The lowest BCUT2D eigenvalue weighted by Gasteiger charge is -2.36. The van der Waals surface area contributed by atoms with E-state index in [2.05, 4.69) is 18.4 Å². The minimum absolute atomic E-state index is 0.0549. The molecule has 1 amide bonds. The van der Waals surface area contributed by atoms with E-state index < -0.39 is 10.0 Å². The standard InChI is InChI=1S/C22H28N2O3S2/c1-3-20-18-10-14-28-21(18)9-13-24(20)22(25)19-15-17(8-7-16(19)2)29(26,27)23-11-5-4-6-12-23/h7-8,10,14-15,20H,3-6,9,11-13H2,1-2H3. The molecule has 2 aliphatic rings. The van der Waals surface area contributed by atoms with Crippen molar-refractivity contribution >= 4 is 27.3 Å². The average Bonchev–Trinajstić information content (AvgIpc) is 3.22. The molecule has 7 heteroatoms. The van der Waals surface area contributed by atoms with E-state index in [-0.39, 0.29) is 16.8 Å². The summed E-state index contributed by atoms with van der Waals surface area (Å²) in [6.45, 7) is 5.77. The second-order valence-electron chi connectivity index (χ2n) is 7.91. The van der Waals surface area contributed by atoms with Crippen LogP contribution in [0.1, 0.15) is 65.0 Å². The summed E-state index contributed by atoms with van der Waals surface area (Å²) in [5, 5.41) is 2.10. The first-order chi connectivity index (χ1) is 13.9. The third-order valence-corrected chi connectivity index (χ3v) is 9.03. The summed E-state index contributed by atoms with van der Waals surface area (Å²) in [5.74, 6) is -0.0677. The van der Waals surface area contributed by atoms with Crippen molar-refractivity contribution in [2.24, 2.45) is 0 Å². The minimum Gasteiger partial charge on any atom is -0.331 e. The van der Waals surface area contributed by atoms with Crippen molar-refractivity contribution in [3.05, 3.63) is 51.2 Å². The van der Waals surface area contributed by atoms with Crippen LogP contribution in [0.2, 0.25) is 0 Å². The number of sulfonamides is 1. The minimum atomic E-state index is -3.56. The molecule has 0 spiro atoms. The van der Waals surface area contributed by atoms with E-state index in [9.17, 15) is 13.2 Å². The Morgan fingerprint density at radius 2 is 1.90 bits per heavy atom. The molecule has 1 unspecified atom stereocenters. The molecule has 0 saturated carbocycles. The number of hydrogen-bond donors (Lipinski definition) is 0. The molecule has 1 saturated heterocycles. The summed E-state index contributed by atoms with van der Waals surface area (Å²) in [5.41, 5.74) is 2.56. The van der Waals surface area contributed by atoms with Gasteiger partial charge in [-0.15, -0.1) is 11.3 Å². The second-order valence-corrected chi connectivity index (χ2v) is 10.9. The van der Waals surface area contributed by atoms with Crippen LogP contribution in [0.15, 0.2) is 34.5 Å². The first-order valence-electron chi connectivity index (χ1n) is 10.4. The van der Waals surface area contributed by atoms with Crippen LogP contribution >= 0.6 is 11.3 Å². The third-order valence-electron chi connectivity index (χ3n) is 6.13. The van der Waals surface area contributed by atoms with Crippen molar-refractivity contribution in [2.75, 3.05) is 19.6 Å². The number of rotatable bonds is 4. The number of fused-ring (bicyclic) bond motifs is 1. The van der Waals surface area contributed by atoms with Crippen LogP contribution in [0.5, 0.6) is 0 Å². The maximum absolute atomic E-state index is 13.5. The number of nitrogens with zero attached hydrogens (tertiary/aromatic N) is 2. The summed E-state index contributed by atoms with van der Waals surface area (Å²) in [4.78, 5) is 17.0. The molecular formula is C22H28N2O3S2. The van der Waals surface area contributed by atoms with Gasteiger partial charge in [0.2, 0.25) is 10.0 Å². The Bertz CT molecular complexity index is 1010. The Morgan fingerprint density at radius 3 is 2.62 bits per heavy atom. The molecule has 1 fully saturated rings. The van der Waals surface area contributed by atoms with Gasteiger partial charge in [-0.05, 0) is 67.3 Å². The number of carbonyl (C=O) groups is 1. The van der Waals surface area contributed by atoms with Crippen LogP contribution in [-0.4, -0.2) is 43.2 Å². The van der Waals surface area contributed by atoms with Gasteiger partial charge in [-0.25, -0.2) is 8.42 Å². The zero-order valence-electron chi connectivity index (χ0n) is 17.1. The SMILES string of the molecule is CCC1c2ccsc2CCN1C(=O)c1cc(S(=O)(=O)N2CCCCC2)ccc1C. The monoisotopic (exact) mass is 432 g/mol. The van der Waals surface area contributed by atoms with Gasteiger partial charge in [0.25, 0.3) is 5.91 Å². The van der Waals surface area contributed by atoms with Crippen LogP contribution in [-0.2, 0) is 16.4 Å². The first kappa shape index (κ1) is 20.6. The van der Waals surface area contributed by atoms with Gasteiger partial charge in [0.1, 0.15) is 0 Å². The molecule has 1 aromatic carbocycles. The lowest BCUT2D eigenvalue weighted by Crippen LogP contribution is -2.40. The molecule has 2 aromatic rings. The molecule has 1 aromatic heterocycles. The van der Waals surface area contributed by atoms with E-state index in [1.165, 1.54) is 10.4 Å². The Hall–Kier alpha value is -1.70. The van der Waals surface area contributed by atoms with Crippen LogP contribution in [0, 0.1) is 6.92 Å². The Kier molecular flexibility index (Phi) is 5.82. The zero-order chi connectivity index (χ0) is 20.6. The van der Waals surface area contributed by atoms with Gasteiger partial charge < -0.3 is 4.90 Å². The summed E-state index contributed by atoms with van der Waals surface area (Å²) in [6.07, 6.45) is 4.57. The summed E-state index contributed by atoms with van der Waals surface area (Å²) >= 11 is 1.76. The van der Waals surface area contributed by atoms with E-state index in [1.807, 2.05) is 11.8 Å². The largest absolute Gasteiger partial charge is 0.331 e. The van der Waals surface area contributed by atoms with Gasteiger partial charge in [-0.1, -0.05) is 19.4 Å². The number of carbonyl (C=O) groups excluding carboxylic acids is 1. The van der Waals surface area contributed by atoms with Crippen molar-refractivity contribution in [3.63, 3.8) is 0 Å². The highest BCUT2D eigenvalue weighted by Crippen LogP contribution is 2.36. The smallest absolute Gasteiger partial charge is 0.254 e. The molecule has 3 heterocycles. The maximum Gasteiger partial charge on any atom is 0.254 e. The van der Waals surface area contributed by atoms with E-state index in [1.54, 1.807) is 33.8 Å². The molecule has 4 rings (SSSR count). The summed E-state index contributed by atoms with van der Waals surface area (Å²) in [6, 6.07) is 7.18. The number of hydrogen-bond acceptors (Lipinski definition) is 4. The van der Waals surface area contributed by atoms with Crippen molar-refractivity contribution < 1.29 is 13.2 Å². The average molecular weight is 433 g/mol. The number of aryl methyl sites for hydroxylation is 1. The molecule has 29 heavy (non-hydrogen) atoms. The molecule has 0 radical (unpaired) electrons. The lowest BCUT2D eigenvalue weighted by molar-refractivity contribution is 0.0656. The molecular weight excluding hydrogens is 404 g/mol. The summed E-state index contributed by atoms with van der Waals surface area (Å²) in [7, 11) is -3.56. The molecule has 2 aliphatic heterocycles. The lowest BCUT2D eigenvalue weighted by atomic mass is 9.96. The van der Waals surface area contributed by atoms with Crippen LogP contribution < -0.4 is 0 Å². The highest BCUT2D eigenvalue weighted by molar-refractivity contribution is 7.89. The van der Waals surface area contributed by atoms with Crippen LogP contribution in [0.25, 0.3) is 0 Å². The van der Waals surface area contributed by atoms with Gasteiger partial charge >= 0.3 is 0 Å². The number of piperidine rings is 1. The number of benzene rings is 1. The molecule has 156 valence electrons. The molecule has 0 aliphatic carbocycles. The van der Waals surface area contributed by atoms with E-state index in [0.29, 0.717) is 25.2 Å². The molecule has 0 N–H and O–H groups in total. The highest BCUT2D eigenvalue weighted by atomic mass is 32.2. The normalized spacial score (nSPS) is 20.5. The van der Waals surface area contributed by atoms with E-state index >= 15 is 0 Å². The van der Waals surface area contributed by atoms with Crippen LogP contribution in [0.4, 0.5) is 0 Å². The van der Waals surface area contributed by atoms with Crippen LogP contribution in [0.3, 0.4) is 0 Å². The molecule has 1 atom stereocenters.